The number of hydrogen-bond acceptors (Lipinski definition) is 6. The molecule has 0 fully saturated rings. The van der Waals surface area contributed by atoms with Crippen molar-refractivity contribution in [1.29, 1.82) is 0 Å². The Morgan fingerprint density at radius 3 is 2.42 bits per heavy atom. The molecular formula is C29H26N2O5. The Balaban J connectivity index is 1.47. The average molecular weight is 483 g/mol. The molecule has 0 aliphatic rings. The van der Waals surface area contributed by atoms with Crippen molar-refractivity contribution in [3.63, 3.8) is 0 Å². The van der Waals surface area contributed by atoms with E-state index in [0.29, 0.717) is 33.7 Å². The van der Waals surface area contributed by atoms with Gasteiger partial charge in [0.15, 0.2) is 12.5 Å². The van der Waals surface area contributed by atoms with Crippen LogP contribution in [-0.4, -0.2) is 29.6 Å². The van der Waals surface area contributed by atoms with Crippen LogP contribution < -0.4 is 19.8 Å². The van der Waals surface area contributed by atoms with Crippen molar-refractivity contribution < 1.29 is 19.0 Å². The lowest BCUT2D eigenvalue weighted by Crippen LogP contribution is -2.23. The monoisotopic (exact) mass is 482 g/mol. The van der Waals surface area contributed by atoms with Crippen molar-refractivity contribution >= 4 is 28.8 Å². The second-order valence-electron chi connectivity index (χ2n) is 7.98. The number of ketones is 1. The third kappa shape index (κ3) is 5.52. The number of aryl methyl sites for hydroxylation is 1. The van der Waals surface area contributed by atoms with Gasteiger partial charge in [0.05, 0.1) is 25.1 Å². The molecule has 182 valence electrons. The second-order valence-corrected chi connectivity index (χ2v) is 7.98. The molecule has 0 atom stereocenters. The van der Waals surface area contributed by atoms with Crippen LogP contribution in [0, 0.1) is 6.92 Å². The fourth-order valence-electron chi connectivity index (χ4n) is 3.67. The number of rotatable bonds is 9. The van der Waals surface area contributed by atoms with Crippen LogP contribution in [0.4, 0.5) is 0 Å². The number of fused-ring (bicyclic) bond motifs is 1. The van der Waals surface area contributed by atoms with Crippen molar-refractivity contribution in [2.24, 2.45) is 0 Å². The van der Waals surface area contributed by atoms with Gasteiger partial charge < -0.3 is 14.2 Å². The molecule has 0 bridgehead atoms. The molecule has 4 aromatic rings. The molecule has 0 saturated heterocycles. The summed E-state index contributed by atoms with van der Waals surface area (Å²) in [6, 6.07) is 18.2. The van der Waals surface area contributed by atoms with Gasteiger partial charge in [-0.2, -0.15) is 0 Å². The summed E-state index contributed by atoms with van der Waals surface area (Å²) in [6.45, 7) is 1.91. The summed E-state index contributed by atoms with van der Waals surface area (Å²) in [6.07, 6.45) is 7.78. The first-order valence-electron chi connectivity index (χ1n) is 11.3. The molecule has 4 rings (SSSR count). The number of methoxy groups -OCH3 is 2. The maximum absolute atomic E-state index is 12.8. The molecule has 1 aromatic heterocycles. The summed E-state index contributed by atoms with van der Waals surface area (Å²) >= 11 is 0. The number of benzene rings is 3. The summed E-state index contributed by atoms with van der Waals surface area (Å²) in [4.78, 5) is 29.7. The SMILES string of the molecule is COc1ccc(/C=C/C(=O)/C=C/c2ccccc2OCn2cnc3c(C)cccc3c2=O)c(OC)c1. The molecular weight excluding hydrogens is 456 g/mol. The second kappa shape index (κ2) is 11.2. The number of allylic oxidation sites excluding steroid dienone is 2. The van der Waals surface area contributed by atoms with Crippen LogP contribution in [0.3, 0.4) is 0 Å². The number of ether oxygens (including phenoxy) is 3. The largest absolute Gasteiger partial charge is 0.497 e. The van der Waals surface area contributed by atoms with Gasteiger partial charge in [0.1, 0.15) is 23.6 Å². The predicted molar refractivity (Wildman–Crippen MR) is 140 cm³/mol. The van der Waals surface area contributed by atoms with E-state index in [1.165, 1.54) is 23.0 Å². The van der Waals surface area contributed by atoms with E-state index >= 15 is 0 Å². The Morgan fingerprint density at radius 1 is 0.917 bits per heavy atom. The van der Waals surface area contributed by atoms with Gasteiger partial charge in [0.2, 0.25) is 0 Å². The molecule has 36 heavy (non-hydrogen) atoms. The van der Waals surface area contributed by atoms with Crippen LogP contribution >= 0.6 is 0 Å². The number of carbonyl (C=O) groups excluding carboxylic acids is 1. The van der Waals surface area contributed by atoms with E-state index < -0.39 is 0 Å². The summed E-state index contributed by atoms with van der Waals surface area (Å²) in [5, 5.41) is 0.542. The lowest BCUT2D eigenvalue weighted by Gasteiger charge is -2.11. The summed E-state index contributed by atoms with van der Waals surface area (Å²) in [5.41, 5.74) is 2.91. The molecule has 0 saturated carbocycles. The van der Waals surface area contributed by atoms with E-state index in [1.807, 2.05) is 43.3 Å². The van der Waals surface area contributed by atoms with Gasteiger partial charge in [-0.05, 0) is 61.1 Å². The normalized spacial score (nSPS) is 11.3. The van der Waals surface area contributed by atoms with Crippen molar-refractivity contribution in [3.05, 3.63) is 106 Å². The number of hydrogen-bond donors (Lipinski definition) is 0. The topological polar surface area (TPSA) is 79.7 Å². The zero-order valence-corrected chi connectivity index (χ0v) is 20.3. The molecule has 0 N–H and O–H groups in total. The molecule has 0 radical (unpaired) electrons. The number of para-hydroxylation sites is 2. The van der Waals surface area contributed by atoms with Crippen LogP contribution in [-0.2, 0) is 11.5 Å². The van der Waals surface area contributed by atoms with Crippen molar-refractivity contribution in [1.82, 2.24) is 9.55 Å². The Hall–Kier alpha value is -4.65. The van der Waals surface area contributed by atoms with Crippen LogP contribution in [0.15, 0.2) is 83.9 Å². The van der Waals surface area contributed by atoms with Crippen molar-refractivity contribution in [2.75, 3.05) is 14.2 Å². The highest BCUT2D eigenvalue weighted by Gasteiger charge is 2.08. The quantitative estimate of drug-likeness (QED) is 0.311. The zero-order chi connectivity index (χ0) is 25.5. The number of nitrogens with zero attached hydrogens (tertiary/aromatic N) is 2. The Morgan fingerprint density at radius 2 is 1.67 bits per heavy atom. The van der Waals surface area contributed by atoms with Gasteiger partial charge in [-0.25, -0.2) is 4.98 Å². The molecule has 0 aliphatic carbocycles. The van der Waals surface area contributed by atoms with Crippen LogP contribution in [0.2, 0.25) is 0 Å². The summed E-state index contributed by atoms with van der Waals surface area (Å²) < 4.78 is 17.9. The minimum absolute atomic E-state index is 0.00825. The highest BCUT2D eigenvalue weighted by atomic mass is 16.5. The van der Waals surface area contributed by atoms with Gasteiger partial charge in [-0.15, -0.1) is 0 Å². The Kier molecular flexibility index (Phi) is 7.60. The standard InChI is InChI=1S/C29H26N2O5/c1-20-7-6-9-25-28(20)30-18-31(29(25)33)19-36-26-10-5-4-8-21(26)11-14-23(32)15-12-22-13-16-24(34-2)17-27(22)35-3/h4-18H,19H2,1-3H3/b14-11+,15-12+. The minimum atomic E-state index is -0.201. The molecule has 0 aliphatic heterocycles. The first kappa shape index (κ1) is 24.5. The maximum atomic E-state index is 12.8. The fraction of sp³-hybridized carbons (Fsp3) is 0.138. The first-order chi connectivity index (χ1) is 17.5. The van der Waals surface area contributed by atoms with E-state index in [0.717, 1.165) is 11.1 Å². The lowest BCUT2D eigenvalue weighted by atomic mass is 10.1. The van der Waals surface area contributed by atoms with Gasteiger partial charge in [0.25, 0.3) is 5.56 Å². The van der Waals surface area contributed by atoms with Gasteiger partial charge >= 0.3 is 0 Å². The highest BCUT2D eigenvalue weighted by Crippen LogP contribution is 2.26. The Labute approximate surface area is 208 Å². The molecule has 7 heteroatoms. The third-order valence-electron chi connectivity index (χ3n) is 5.63. The van der Waals surface area contributed by atoms with E-state index in [-0.39, 0.29) is 18.1 Å². The van der Waals surface area contributed by atoms with Crippen molar-refractivity contribution in [2.45, 2.75) is 13.7 Å². The number of aromatic nitrogens is 2. The summed E-state index contributed by atoms with van der Waals surface area (Å²) in [7, 11) is 3.14. The molecule has 7 nitrogen and oxygen atoms in total. The smallest absolute Gasteiger partial charge is 0.263 e. The molecule has 0 spiro atoms. The fourth-order valence-corrected chi connectivity index (χ4v) is 3.67. The first-order valence-corrected chi connectivity index (χ1v) is 11.3. The van der Waals surface area contributed by atoms with Gasteiger partial charge in [0, 0.05) is 17.2 Å². The van der Waals surface area contributed by atoms with E-state index in [1.54, 1.807) is 50.6 Å². The summed E-state index contributed by atoms with van der Waals surface area (Å²) in [5.74, 6) is 1.62. The highest BCUT2D eigenvalue weighted by molar-refractivity contribution is 6.04. The van der Waals surface area contributed by atoms with Crippen molar-refractivity contribution in [3.8, 4) is 17.2 Å². The predicted octanol–water partition coefficient (Wildman–Crippen LogP) is 5.05. The minimum Gasteiger partial charge on any atom is -0.497 e. The maximum Gasteiger partial charge on any atom is 0.263 e. The lowest BCUT2D eigenvalue weighted by molar-refractivity contribution is -0.110. The average Bonchev–Trinajstić information content (AvgIpc) is 2.91. The van der Waals surface area contributed by atoms with Crippen LogP contribution in [0.5, 0.6) is 17.2 Å². The third-order valence-corrected chi connectivity index (χ3v) is 5.63. The van der Waals surface area contributed by atoms with E-state index in [2.05, 4.69) is 4.98 Å². The van der Waals surface area contributed by atoms with E-state index in [4.69, 9.17) is 14.2 Å². The molecule has 0 unspecified atom stereocenters. The van der Waals surface area contributed by atoms with E-state index in [9.17, 15) is 9.59 Å². The van der Waals surface area contributed by atoms with Gasteiger partial charge in [-0.3, -0.25) is 14.2 Å². The van der Waals surface area contributed by atoms with Gasteiger partial charge in [-0.1, -0.05) is 30.3 Å². The molecule has 1 heterocycles. The number of carbonyl (C=O) groups is 1. The molecule has 3 aromatic carbocycles. The van der Waals surface area contributed by atoms with Crippen LogP contribution in [0.25, 0.3) is 23.1 Å². The van der Waals surface area contributed by atoms with Crippen LogP contribution in [0.1, 0.15) is 16.7 Å². The zero-order valence-electron chi connectivity index (χ0n) is 20.3. The Bertz CT molecular complexity index is 1520. The molecule has 0 amide bonds.